The Hall–Kier alpha value is -2.74. The summed E-state index contributed by atoms with van der Waals surface area (Å²) in [4.78, 5) is 28.4. The van der Waals surface area contributed by atoms with Crippen LogP contribution in [-0.4, -0.2) is 35.1 Å². The Balaban J connectivity index is 1.64. The van der Waals surface area contributed by atoms with Crippen LogP contribution in [-0.2, 0) is 14.3 Å². The number of nitrogens with zero attached hydrogens (tertiary/aromatic N) is 3. The summed E-state index contributed by atoms with van der Waals surface area (Å²) in [7, 11) is 1.60. The first-order valence-corrected chi connectivity index (χ1v) is 10.6. The molecule has 3 heterocycles. The van der Waals surface area contributed by atoms with Gasteiger partial charge in [-0.1, -0.05) is 29.9 Å². The Bertz CT molecular complexity index is 1010. The van der Waals surface area contributed by atoms with E-state index in [1.165, 1.54) is 11.3 Å². The number of methoxy groups -OCH3 is 1. The molecule has 7 nitrogen and oxygen atoms in total. The molecule has 1 aliphatic carbocycles. The predicted molar refractivity (Wildman–Crippen MR) is 107 cm³/mol. The molecular weight excluding hydrogens is 390 g/mol. The lowest BCUT2D eigenvalue weighted by Crippen LogP contribution is -2.39. The van der Waals surface area contributed by atoms with Crippen LogP contribution in [0, 0.1) is 12.8 Å². The molecule has 1 amide bonds. The van der Waals surface area contributed by atoms with E-state index >= 15 is 0 Å². The molecular formula is C21H21N3O4S. The summed E-state index contributed by atoms with van der Waals surface area (Å²) in [5, 5.41) is 9.49. The molecule has 29 heavy (non-hydrogen) atoms. The quantitative estimate of drug-likeness (QED) is 0.770. The van der Waals surface area contributed by atoms with E-state index in [0.717, 1.165) is 36.3 Å². The molecule has 1 fully saturated rings. The summed E-state index contributed by atoms with van der Waals surface area (Å²) in [5.41, 5.74) is 1.28. The number of rotatable bonds is 3. The SMILES string of the molecule is COc1ccc(C2C3=C(OC4CCCCC4C3=O)C(=O)N2c2nnc(C)s2)cc1. The van der Waals surface area contributed by atoms with Crippen LogP contribution in [0.1, 0.15) is 42.3 Å². The minimum atomic E-state index is -0.564. The number of Topliss-reactive ketones (excluding diaryl/α,β-unsaturated/α-hetero) is 1. The molecule has 8 heteroatoms. The van der Waals surface area contributed by atoms with Gasteiger partial charge in [-0.3, -0.25) is 14.5 Å². The Morgan fingerprint density at radius 2 is 1.90 bits per heavy atom. The van der Waals surface area contributed by atoms with E-state index < -0.39 is 6.04 Å². The van der Waals surface area contributed by atoms with Gasteiger partial charge in [0, 0.05) is 0 Å². The first-order valence-electron chi connectivity index (χ1n) is 9.81. The van der Waals surface area contributed by atoms with Crippen molar-refractivity contribution in [2.24, 2.45) is 5.92 Å². The number of benzene rings is 1. The molecule has 2 aliphatic heterocycles. The molecule has 5 rings (SSSR count). The number of fused-ring (bicyclic) bond motifs is 1. The van der Waals surface area contributed by atoms with Crippen LogP contribution in [0.5, 0.6) is 5.75 Å². The topological polar surface area (TPSA) is 81.6 Å². The molecule has 3 aliphatic rings. The second-order valence-electron chi connectivity index (χ2n) is 7.61. The average molecular weight is 411 g/mol. The highest BCUT2D eigenvalue weighted by molar-refractivity contribution is 7.15. The van der Waals surface area contributed by atoms with Gasteiger partial charge >= 0.3 is 0 Å². The molecule has 3 unspecified atom stereocenters. The third-order valence-electron chi connectivity index (χ3n) is 5.92. The number of hydrogen-bond acceptors (Lipinski definition) is 7. The Kier molecular flexibility index (Phi) is 4.38. The largest absolute Gasteiger partial charge is 0.497 e. The van der Waals surface area contributed by atoms with Crippen molar-refractivity contribution in [3.05, 3.63) is 46.2 Å². The minimum Gasteiger partial charge on any atom is -0.497 e. The van der Waals surface area contributed by atoms with E-state index in [1.807, 2.05) is 31.2 Å². The maximum absolute atomic E-state index is 13.5. The summed E-state index contributed by atoms with van der Waals surface area (Å²) >= 11 is 1.33. The van der Waals surface area contributed by atoms with Crippen molar-refractivity contribution in [1.29, 1.82) is 0 Å². The van der Waals surface area contributed by atoms with Crippen molar-refractivity contribution < 1.29 is 19.1 Å². The number of anilines is 1. The molecule has 0 bridgehead atoms. The zero-order valence-corrected chi connectivity index (χ0v) is 17.1. The summed E-state index contributed by atoms with van der Waals surface area (Å²) in [6.07, 6.45) is 3.45. The molecule has 1 aromatic carbocycles. The fourth-order valence-electron chi connectivity index (χ4n) is 4.53. The fraction of sp³-hybridized carbons (Fsp3) is 0.429. The van der Waals surface area contributed by atoms with Gasteiger partial charge < -0.3 is 9.47 Å². The van der Waals surface area contributed by atoms with Crippen molar-refractivity contribution in [2.75, 3.05) is 12.0 Å². The van der Waals surface area contributed by atoms with Crippen LogP contribution in [0.15, 0.2) is 35.6 Å². The summed E-state index contributed by atoms with van der Waals surface area (Å²) < 4.78 is 11.4. The third-order valence-corrected chi connectivity index (χ3v) is 6.75. The minimum absolute atomic E-state index is 0.0360. The van der Waals surface area contributed by atoms with E-state index in [2.05, 4.69) is 10.2 Å². The summed E-state index contributed by atoms with van der Waals surface area (Å²) in [6.45, 7) is 1.84. The molecule has 1 saturated carbocycles. The predicted octanol–water partition coefficient (Wildman–Crippen LogP) is 3.36. The van der Waals surface area contributed by atoms with Crippen molar-refractivity contribution in [3.63, 3.8) is 0 Å². The van der Waals surface area contributed by atoms with Crippen LogP contribution in [0.3, 0.4) is 0 Å². The molecule has 0 spiro atoms. The summed E-state index contributed by atoms with van der Waals surface area (Å²) in [5.74, 6) is 0.450. The van der Waals surface area contributed by atoms with Gasteiger partial charge in [0.25, 0.3) is 5.91 Å². The van der Waals surface area contributed by atoms with Gasteiger partial charge in [0.05, 0.1) is 24.6 Å². The molecule has 0 N–H and O–H groups in total. The monoisotopic (exact) mass is 411 g/mol. The van der Waals surface area contributed by atoms with Crippen molar-refractivity contribution in [1.82, 2.24) is 10.2 Å². The Morgan fingerprint density at radius 3 is 2.59 bits per heavy atom. The normalized spacial score (nSPS) is 26.3. The fourth-order valence-corrected chi connectivity index (χ4v) is 5.24. The maximum Gasteiger partial charge on any atom is 0.296 e. The van der Waals surface area contributed by atoms with Gasteiger partial charge in [0.15, 0.2) is 11.5 Å². The number of carbonyl (C=O) groups excluding carboxylic acids is 2. The Labute approximate surface area is 172 Å². The van der Waals surface area contributed by atoms with Crippen molar-refractivity contribution >= 4 is 28.2 Å². The smallest absolute Gasteiger partial charge is 0.296 e. The number of ketones is 1. The lowest BCUT2D eigenvalue weighted by Gasteiger charge is -2.35. The molecule has 150 valence electrons. The van der Waals surface area contributed by atoms with Gasteiger partial charge in [0.2, 0.25) is 5.13 Å². The molecule has 1 aromatic heterocycles. The van der Waals surface area contributed by atoms with Gasteiger partial charge in [0.1, 0.15) is 16.9 Å². The maximum atomic E-state index is 13.5. The molecule has 0 saturated heterocycles. The van der Waals surface area contributed by atoms with E-state index in [0.29, 0.717) is 16.5 Å². The first kappa shape index (κ1) is 18.3. The van der Waals surface area contributed by atoms with Crippen molar-refractivity contribution in [3.8, 4) is 5.75 Å². The van der Waals surface area contributed by atoms with Crippen LogP contribution in [0.2, 0.25) is 0 Å². The van der Waals surface area contributed by atoms with Crippen LogP contribution in [0.25, 0.3) is 0 Å². The van der Waals surface area contributed by atoms with Gasteiger partial charge in [-0.15, -0.1) is 10.2 Å². The standard InChI is InChI=1S/C21H21N3O4S/c1-11-22-23-21(29-11)24-17(12-7-9-13(27-2)10-8-12)16-18(25)14-5-3-4-6-15(14)28-19(16)20(24)26/h7-10,14-15,17H,3-6H2,1-2H3. The second-order valence-corrected chi connectivity index (χ2v) is 8.77. The number of aromatic nitrogens is 2. The van der Waals surface area contributed by atoms with Crippen molar-refractivity contribution in [2.45, 2.75) is 44.8 Å². The number of amides is 1. The highest BCUT2D eigenvalue weighted by Crippen LogP contribution is 2.48. The first-order chi connectivity index (χ1) is 14.1. The Morgan fingerprint density at radius 1 is 1.14 bits per heavy atom. The van der Waals surface area contributed by atoms with Gasteiger partial charge in [-0.05, 0) is 43.9 Å². The van der Waals surface area contributed by atoms with E-state index in [4.69, 9.17) is 9.47 Å². The number of aryl methyl sites for hydroxylation is 1. The lowest BCUT2D eigenvalue weighted by molar-refractivity contribution is -0.131. The lowest BCUT2D eigenvalue weighted by atomic mass is 9.77. The third kappa shape index (κ3) is 2.85. The zero-order valence-electron chi connectivity index (χ0n) is 16.3. The molecule has 2 aromatic rings. The van der Waals surface area contributed by atoms with E-state index in [-0.39, 0.29) is 29.5 Å². The highest BCUT2D eigenvalue weighted by atomic mass is 32.1. The van der Waals surface area contributed by atoms with E-state index in [9.17, 15) is 9.59 Å². The van der Waals surface area contributed by atoms with Gasteiger partial charge in [-0.25, -0.2) is 0 Å². The summed E-state index contributed by atoms with van der Waals surface area (Å²) in [6, 6.07) is 6.87. The number of carbonyl (C=O) groups is 2. The number of ether oxygens (including phenoxy) is 2. The second kappa shape index (κ2) is 6.95. The van der Waals surface area contributed by atoms with E-state index in [1.54, 1.807) is 12.0 Å². The molecule has 3 atom stereocenters. The van der Waals surface area contributed by atoms with Crippen LogP contribution < -0.4 is 9.64 Å². The number of hydrogen-bond donors (Lipinski definition) is 0. The molecule has 0 radical (unpaired) electrons. The van der Waals surface area contributed by atoms with Crippen LogP contribution >= 0.6 is 11.3 Å². The van der Waals surface area contributed by atoms with Crippen LogP contribution in [0.4, 0.5) is 5.13 Å². The highest BCUT2D eigenvalue weighted by Gasteiger charge is 2.53. The van der Waals surface area contributed by atoms with Gasteiger partial charge in [-0.2, -0.15) is 0 Å². The average Bonchev–Trinajstić information content (AvgIpc) is 3.29. The zero-order chi connectivity index (χ0) is 20.1.